The summed E-state index contributed by atoms with van der Waals surface area (Å²) in [5.74, 6) is 0.347. The summed E-state index contributed by atoms with van der Waals surface area (Å²) in [5, 5.41) is 9.10. The minimum atomic E-state index is -0.743. The van der Waals surface area contributed by atoms with Gasteiger partial charge in [0.2, 0.25) is 0 Å². The molecule has 0 bridgehead atoms. The molecule has 94 valence electrons. The lowest BCUT2D eigenvalue weighted by atomic mass is 9.60. The molecule has 0 aromatic rings. The van der Waals surface area contributed by atoms with Gasteiger partial charge in [0, 0.05) is 5.57 Å². The first-order valence-electron chi connectivity index (χ1n) is 6.52. The number of carboxylic acid groups (broad SMARTS) is 1. The van der Waals surface area contributed by atoms with Gasteiger partial charge in [-0.3, -0.25) is 0 Å². The molecule has 0 heterocycles. The first-order chi connectivity index (χ1) is 7.92. The molecule has 2 atom stereocenters. The maximum Gasteiger partial charge on any atom is 0.331 e. The van der Waals surface area contributed by atoms with Crippen molar-refractivity contribution in [2.24, 2.45) is 17.3 Å². The second kappa shape index (κ2) is 4.32. The number of allylic oxidation sites excluding steroid dienone is 2. The fourth-order valence-corrected chi connectivity index (χ4v) is 3.48. The first kappa shape index (κ1) is 12.4. The number of hydrogen-bond donors (Lipinski definition) is 1. The summed E-state index contributed by atoms with van der Waals surface area (Å²) in [6, 6.07) is 0. The molecule has 2 aliphatic carbocycles. The average molecular weight is 234 g/mol. The summed E-state index contributed by atoms with van der Waals surface area (Å²) < 4.78 is 0. The third-order valence-electron chi connectivity index (χ3n) is 4.72. The number of fused-ring (bicyclic) bond motifs is 1. The third kappa shape index (κ3) is 2.31. The normalized spacial score (nSPS) is 32.4. The Bertz CT molecular complexity index is 376. The lowest BCUT2D eigenvalue weighted by Crippen LogP contribution is -2.35. The molecule has 0 aromatic heterocycles. The smallest absolute Gasteiger partial charge is 0.331 e. The van der Waals surface area contributed by atoms with Gasteiger partial charge in [-0.15, -0.1) is 0 Å². The zero-order valence-electron chi connectivity index (χ0n) is 10.8. The number of rotatable bonds is 1. The van der Waals surface area contributed by atoms with Crippen LogP contribution in [0, 0.1) is 17.3 Å². The molecule has 0 unspecified atom stereocenters. The van der Waals surface area contributed by atoms with E-state index in [4.69, 9.17) is 5.11 Å². The van der Waals surface area contributed by atoms with Gasteiger partial charge in [0.1, 0.15) is 0 Å². The molecule has 0 radical (unpaired) electrons. The fraction of sp³-hybridized carbons (Fsp3) is 0.667. The third-order valence-corrected chi connectivity index (χ3v) is 4.72. The summed E-state index contributed by atoms with van der Waals surface area (Å²) in [7, 11) is 0. The predicted molar refractivity (Wildman–Crippen MR) is 68.7 cm³/mol. The highest BCUT2D eigenvalue weighted by Gasteiger charge is 2.41. The van der Waals surface area contributed by atoms with E-state index in [0.29, 0.717) is 29.2 Å². The Morgan fingerprint density at radius 2 is 2.18 bits per heavy atom. The van der Waals surface area contributed by atoms with Crippen molar-refractivity contribution in [1.82, 2.24) is 0 Å². The molecular formula is C15H22O2. The predicted octanol–water partition coefficient (Wildman–Crippen LogP) is 3.79. The highest BCUT2D eigenvalue weighted by molar-refractivity contribution is 5.86. The van der Waals surface area contributed by atoms with Crippen molar-refractivity contribution in [3.8, 4) is 0 Å². The van der Waals surface area contributed by atoms with Crippen molar-refractivity contribution in [3.05, 3.63) is 23.8 Å². The van der Waals surface area contributed by atoms with Crippen LogP contribution in [-0.4, -0.2) is 11.1 Å². The molecular weight excluding hydrogens is 212 g/mol. The molecule has 17 heavy (non-hydrogen) atoms. The van der Waals surface area contributed by atoms with Gasteiger partial charge in [-0.25, -0.2) is 4.79 Å². The minimum Gasteiger partial charge on any atom is -0.478 e. The molecule has 0 aliphatic heterocycles. The van der Waals surface area contributed by atoms with E-state index in [1.54, 1.807) is 0 Å². The maximum absolute atomic E-state index is 11.1. The van der Waals surface area contributed by atoms with Gasteiger partial charge in [-0.1, -0.05) is 32.1 Å². The van der Waals surface area contributed by atoms with Crippen LogP contribution in [0.1, 0.15) is 46.0 Å². The van der Waals surface area contributed by atoms with Crippen molar-refractivity contribution >= 4 is 5.97 Å². The number of aliphatic carboxylic acids is 1. The first-order valence-corrected chi connectivity index (χ1v) is 6.52. The summed E-state index contributed by atoms with van der Waals surface area (Å²) in [6.45, 7) is 8.84. The van der Waals surface area contributed by atoms with Crippen LogP contribution in [-0.2, 0) is 4.79 Å². The highest BCUT2D eigenvalue weighted by atomic mass is 16.4. The summed E-state index contributed by atoms with van der Waals surface area (Å²) >= 11 is 0. The van der Waals surface area contributed by atoms with Crippen LogP contribution in [0.15, 0.2) is 23.8 Å². The molecule has 1 fully saturated rings. The zero-order chi connectivity index (χ0) is 12.6. The van der Waals surface area contributed by atoms with E-state index in [-0.39, 0.29) is 0 Å². The number of carboxylic acids is 1. The number of hydrogen-bond acceptors (Lipinski definition) is 1. The van der Waals surface area contributed by atoms with Crippen molar-refractivity contribution in [2.45, 2.75) is 46.0 Å². The molecule has 0 spiro atoms. The lowest BCUT2D eigenvalue weighted by molar-refractivity contribution is -0.132. The number of carbonyl (C=O) groups is 1. The topological polar surface area (TPSA) is 37.3 Å². The van der Waals surface area contributed by atoms with Gasteiger partial charge in [-0.05, 0) is 49.4 Å². The van der Waals surface area contributed by atoms with Crippen LogP contribution in [0.3, 0.4) is 0 Å². The van der Waals surface area contributed by atoms with Crippen molar-refractivity contribution in [3.63, 3.8) is 0 Å². The zero-order valence-corrected chi connectivity index (χ0v) is 10.8. The molecule has 0 aromatic carbocycles. The summed E-state index contributed by atoms with van der Waals surface area (Å²) in [5.41, 5.74) is 2.26. The molecule has 2 nitrogen and oxygen atoms in total. The lowest BCUT2D eigenvalue weighted by Gasteiger charge is -2.44. The Kier molecular flexibility index (Phi) is 3.15. The van der Waals surface area contributed by atoms with Gasteiger partial charge in [-0.2, -0.15) is 0 Å². The molecule has 2 heteroatoms. The molecule has 1 N–H and O–H groups in total. The van der Waals surface area contributed by atoms with Crippen molar-refractivity contribution in [1.29, 1.82) is 0 Å². The fourth-order valence-electron chi connectivity index (χ4n) is 3.48. The molecule has 2 rings (SSSR count). The maximum atomic E-state index is 11.1. The van der Waals surface area contributed by atoms with Crippen molar-refractivity contribution < 1.29 is 9.90 Å². The van der Waals surface area contributed by atoms with E-state index in [2.05, 4.69) is 20.4 Å². The second-order valence-corrected chi connectivity index (χ2v) is 6.17. The Morgan fingerprint density at radius 3 is 2.82 bits per heavy atom. The van der Waals surface area contributed by atoms with E-state index in [1.165, 1.54) is 12.0 Å². The molecule has 2 aliphatic rings. The largest absolute Gasteiger partial charge is 0.478 e. The van der Waals surface area contributed by atoms with Crippen LogP contribution >= 0.6 is 0 Å². The van der Waals surface area contributed by atoms with Crippen LogP contribution in [0.4, 0.5) is 0 Å². The van der Waals surface area contributed by atoms with Crippen LogP contribution in [0.5, 0.6) is 0 Å². The molecule has 1 saturated carbocycles. The quantitative estimate of drug-likeness (QED) is 0.701. The standard InChI is InChI=1S/C15H22O2/c1-10-8-9-15(2,3)13-7-5-11(14(16)17)4-6-12(10)13/h4,12-13H,1,5-9H2,2-3H3,(H,16,17)/t12-,13+/m0/s1. The Hall–Kier alpha value is -1.05. The van der Waals surface area contributed by atoms with E-state index in [1.807, 2.05) is 6.08 Å². The van der Waals surface area contributed by atoms with Crippen molar-refractivity contribution in [2.75, 3.05) is 0 Å². The Labute approximate surface area is 103 Å². The van der Waals surface area contributed by atoms with Crippen LogP contribution in [0.25, 0.3) is 0 Å². The average Bonchev–Trinajstić information content (AvgIpc) is 2.47. The van der Waals surface area contributed by atoms with E-state index >= 15 is 0 Å². The van der Waals surface area contributed by atoms with Crippen LogP contribution < -0.4 is 0 Å². The van der Waals surface area contributed by atoms with Gasteiger partial charge >= 0.3 is 5.97 Å². The van der Waals surface area contributed by atoms with Gasteiger partial charge < -0.3 is 5.11 Å². The minimum absolute atomic E-state index is 0.327. The Morgan fingerprint density at radius 1 is 1.47 bits per heavy atom. The van der Waals surface area contributed by atoms with Gasteiger partial charge in [0.15, 0.2) is 0 Å². The highest BCUT2D eigenvalue weighted by Crippen LogP contribution is 2.50. The molecule has 0 saturated heterocycles. The summed E-state index contributed by atoms with van der Waals surface area (Å²) in [6.07, 6.45) is 6.80. The van der Waals surface area contributed by atoms with E-state index < -0.39 is 5.97 Å². The Balaban J connectivity index is 2.24. The van der Waals surface area contributed by atoms with Gasteiger partial charge in [0.25, 0.3) is 0 Å². The second-order valence-electron chi connectivity index (χ2n) is 6.17. The SMILES string of the molecule is C=C1CCC(C)(C)[C@@H]2CCC(C(=O)O)=CC[C@@H]12. The van der Waals surface area contributed by atoms with Gasteiger partial charge in [0.05, 0.1) is 0 Å². The van der Waals surface area contributed by atoms with E-state index in [9.17, 15) is 4.79 Å². The summed E-state index contributed by atoms with van der Waals surface area (Å²) in [4.78, 5) is 11.1. The monoisotopic (exact) mass is 234 g/mol. The molecule has 0 amide bonds. The van der Waals surface area contributed by atoms with E-state index in [0.717, 1.165) is 19.3 Å². The van der Waals surface area contributed by atoms with Crippen LogP contribution in [0.2, 0.25) is 0 Å².